The number of amides is 1. The Morgan fingerprint density at radius 1 is 1.04 bits per heavy atom. The second kappa shape index (κ2) is 7.44. The number of methoxy groups -OCH3 is 2. The van der Waals surface area contributed by atoms with Gasteiger partial charge in [0.15, 0.2) is 5.17 Å². The van der Waals surface area contributed by atoms with Crippen LogP contribution in [0.3, 0.4) is 0 Å². The van der Waals surface area contributed by atoms with E-state index in [1.165, 1.54) is 11.8 Å². The van der Waals surface area contributed by atoms with Crippen LogP contribution in [0.15, 0.2) is 59.2 Å². The van der Waals surface area contributed by atoms with Crippen LogP contribution in [0.2, 0.25) is 0 Å². The summed E-state index contributed by atoms with van der Waals surface area (Å²) in [6.07, 6.45) is 3.67. The first kappa shape index (κ1) is 17.1. The van der Waals surface area contributed by atoms with Crippen molar-refractivity contribution in [2.24, 2.45) is 4.99 Å². The highest BCUT2D eigenvalue weighted by Crippen LogP contribution is 2.30. The lowest BCUT2D eigenvalue weighted by Gasteiger charge is -2.17. The number of ether oxygens (including phenoxy) is 2. The standard InChI is InChI=1S/C19H18N2O3S/c1-23-15-9-7-13(8-10-15)11-17-18(22)21(19(20-17)25-3)14-5-4-6-16(12-14)24-2/h4-12H,1-3H3/b17-11+. The molecule has 1 aliphatic heterocycles. The van der Waals surface area contributed by atoms with E-state index in [-0.39, 0.29) is 5.91 Å². The SMILES string of the molecule is COc1ccc(/C=C2/N=C(SC)N(c3cccc(OC)c3)C2=O)cc1. The summed E-state index contributed by atoms with van der Waals surface area (Å²) in [7, 11) is 3.22. The molecule has 0 N–H and O–H groups in total. The Morgan fingerprint density at radius 2 is 1.76 bits per heavy atom. The predicted octanol–water partition coefficient (Wildman–Crippen LogP) is 3.81. The number of benzene rings is 2. The predicted molar refractivity (Wildman–Crippen MR) is 102 cm³/mol. The number of thioether (sulfide) groups is 1. The van der Waals surface area contributed by atoms with Crippen molar-refractivity contribution in [1.82, 2.24) is 0 Å². The van der Waals surface area contributed by atoms with Crippen LogP contribution in [-0.2, 0) is 4.79 Å². The fourth-order valence-corrected chi connectivity index (χ4v) is 3.03. The van der Waals surface area contributed by atoms with Gasteiger partial charge in [-0.1, -0.05) is 30.0 Å². The van der Waals surface area contributed by atoms with Crippen LogP contribution in [0.25, 0.3) is 6.08 Å². The Balaban J connectivity index is 1.94. The molecule has 0 saturated heterocycles. The van der Waals surface area contributed by atoms with E-state index < -0.39 is 0 Å². The van der Waals surface area contributed by atoms with Crippen molar-refractivity contribution in [2.75, 3.05) is 25.4 Å². The van der Waals surface area contributed by atoms with Crippen molar-refractivity contribution in [3.05, 3.63) is 59.8 Å². The van der Waals surface area contributed by atoms with Crippen molar-refractivity contribution in [1.29, 1.82) is 0 Å². The van der Waals surface area contributed by atoms with E-state index in [1.807, 2.05) is 54.8 Å². The third-order valence-corrected chi connectivity index (χ3v) is 4.38. The second-order valence-electron chi connectivity index (χ2n) is 5.24. The number of hydrogen-bond acceptors (Lipinski definition) is 5. The lowest BCUT2D eigenvalue weighted by atomic mass is 10.2. The second-order valence-corrected chi connectivity index (χ2v) is 6.02. The highest BCUT2D eigenvalue weighted by Gasteiger charge is 2.31. The average molecular weight is 354 g/mol. The summed E-state index contributed by atoms with van der Waals surface area (Å²) in [5.74, 6) is 1.30. The molecule has 0 radical (unpaired) electrons. The highest BCUT2D eigenvalue weighted by molar-refractivity contribution is 8.13. The molecule has 0 spiro atoms. The molecule has 0 fully saturated rings. The Morgan fingerprint density at radius 3 is 2.40 bits per heavy atom. The van der Waals surface area contributed by atoms with Gasteiger partial charge in [-0.2, -0.15) is 0 Å². The summed E-state index contributed by atoms with van der Waals surface area (Å²) in [6.45, 7) is 0. The monoisotopic (exact) mass is 354 g/mol. The van der Waals surface area contributed by atoms with Crippen molar-refractivity contribution in [3.8, 4) is 11.5 Å². The summed E-state index contributed by atoms with van der Waals surface area (Å²) >= 11 is 1.43. The van der Waals surface area contributed by atoms with E-state index >= 15 is 0 Å². The largest absolute Gasteiger partial charge is 0.497 e. The number of nitrogens with zero attached hydrogens (tertiary/aromatic N) is 2. The minimum absolute atomic E-state index is 0.159. The molecule has 0 atom stereocenters. The van der Waals surface area contributed by atoms with Gasteiger partial charge in [0.05, 0.1) is 19.9 Å². The number of hydrogen-bond donors (Lipinski definition) is 0. The van der Waals surface area contributed by atoms with Gasteiger partial charge in [-0.3, -0.25) is 9.69 Å². The van der Waals surface area contributed by atoms with Gasteiger partial charge in [0, 0.05) is 6.07 Å². The Hall–Kier alpha value is -2.73. The van der Waals surface area contributed by atoms with E-state index in [0.29, 0.717) is 16.6 Å². The van der Waals surface area contributed by atoms with Gasteiger partial charge >= 0.3 is 0 Å². The molecule has 1 amide bonds. The first-order chi connectivity index (χ1) is 12.2. The lowest BCUT2D eigenvalue weighted by molar-refractivity contribution is -0.113. The fourth-order valence-electron chi connectivity index (χ4n) is 2.47. The Labute approximate surface area is 151 Å². The van der Waals surface area contributed by atoms with Crippen LogP contribution < -0.4 is 14.4 Å². The summed E-state index contributed by atoms with van der Waals surface area (Å²) < 4.78 is 10.4. The van der Waals surface area contributed by atoms with Gasteiger partial charge in [0.1, 0.15) is 17.2 Å². The summed E-state index contributed by atoms with van der Waals surface area (Å²) in [4.78, 5) is 19.0. The maximum absolute atomic E-state index is 12.9. The number of amidine groups is 1. The molecule has 6 heteroatoms. The van der Waals surface area contributed by atoms with E-state index in [4.69, 9.17) is 9.47 Å². The van der Waals surface area contributed by atoms with Gasteiger partial charge < -0.3 is 9.47 Å². The number of anilines is 1. The zero-order chi connectivity index (χ0) is 17.8. The minimum Gasteiger partial charge on any atom is -0.497 e. The fraction of sp³-hybridized carbons (Fsp3) is 0.158. The van der Waals surface area contributed by atoms with E-state index in [1.54, 1.807) is 25.2 Å². The van der Waals surface area contributed by atoms with Crippen molar-refractivity contribution >= 4 is 34.6 Å². The maximum Gasteiger partial charge on any atom is 0.283 e. The molecule has 0 aliphatic carbocycles. The first-order valence-electron chi connectivity index (χ1n) is 7.63. The molecule has 0 saturated carbocycles. The average Bonchev–Trinajstić information content (AvgIpc) is 2.98. The van der Waals surface area contributed by atoms with Crippen LogP contribution in [0.1, 0.15) is 5.56 Å². The van der Waals surface area contributed by atoms with Gasteiger partial charge in [-0.15, -0.1) is 0 Å². The van der Waals surface area contributed by atoms with Crippen LogP contribution >= 0.6 is 11.8 Å². The van der Waals surface area contributed by atoms with E-state index in [0.717, 1.165) is 17.0 Å². The van der Waals surface area contributed by atoms with Crippen LogP contribution in [0.4, 0.5) is 5.69 Å². The van der Waals surface area contributed by atoms with Gasteiger partial charge in [-0.05, 0) is 42.2 Å². The Kier molecular flexibility index (Phi) is 5.09. The zero-order valence-corrected chi connectivity index (χ0v) is 15.0. The lowest BCUT2D eigenvalue weighted by Crippen LogP contribution is -2.30. The molecule has 3 rings (SSSR count). The molecule has 1 aliphatic rings. The molecular formula is C19H18N2O3S. The molecule has 0 unspecified atom stereocenters. The van der Waals surface area contributed by atoms with Gasteiger partial charge in [0.2, 0.25) is 0 Å². The molecule has 0 aromatic heterocycles. The summed E-state index contributed by atoms with van der Waals surface area (Å²) in [6, 6.07) is 14.9. The molecule has 5 nitrogen and oxygen atoms in total. The normalized spacial score (nSPS) is 15.5. The van der Waals surface area contributed by atoms with Crippen molar-refractivity contribution < 1.29 is 14.3 Å². The van der Waals surface area contributed by atoms with Gasteiger partial charge in [0.25, 0.3) is 5.91 Å². The van der Waals surface area contributed by atoms with Crippen LogP contribution in [0, 0.1) is 0 Å². The summed E-state index contributed by atoms with van der Waals surface area (Å²) in [5, 5.41) is 0.637. The molecule has 2 aromatic carbocycles. The molecule has 0 bridgehead atoms. The van der Waals surface area contributed by atoms with Crippen molar-refractivity contribution in [3.63, 3.8) is 0 Å². The topological polar surface area (TPSA) is 51.1 Å². The quantitative estimate of drug-likeness (QED) is 0.784. The molecule has 128 valence electrons. The molecular weight excluding hydrogens is 336 g/mol. The number of carbonyl (C=O) groups is 1. The molecule has 2 aromatic rings. The summed E-state index contributed by atoms with van der Waals surface area (Å²) in [5.41, 5.74) is 2.02. The third kappa shape index (κ3) is 3.53. The minimum atomic E-state index is -0.159. The third-order valence-electron chi connectivity index (χ3n) is 3.74. The van der Waals surface area contributed by atoms with Crippen LogP contribution in [-0.4, -0.2) is 31.6 Å². The van der Waals surface area contributed by atoms with E-state index in [2.05, 4.69) is 4.99 Å². The number of aliphatic imine (C=N–C) groups is 1. The van der Waals surface area contributed by atoms with Crippen molar-refractivity contribution in [2.45, 2.75) is 0 Å². The zero-order valence-electron chi connectivity index (χ0n) is 14.2. The molecule has 1 heterocycles. The smallest absolute Gasteiger partial charge is 0.283 e. The van der Waals surface area contributed by atoms with Gasteiger partial charge in [-0.25, -0.2) is 4.99 Å². The number of rotatable bonds is 4. The highest BCUT2D eigenvalue weighted by atomic mass is 32.2. The first-order valence-corrected chi connectivity index (χ1v) is 8.85. The van der Waals surface area contributed by atoms with Crippen LogP contribution in [0.5, 0.6) is 11.5 Å². The molecule has 25 heavy (non-hydrogen) atoms. The number of carbonyl (C=O) groups excluding carboxylic acids is 1. The maximum atomic E-state index is 12.9. The Bertz CT molecular complexity index is 844. The van der Waals surface area contributed by atoms with E-state index in [9.17, 15) is 4.79 Å².